The van der Waals surface area contributed by atoms with Crippen LogP contribution in [0.4, 0.5) is 0 Å². The molecule has 4 unspecified atom stereocenters. The number of rotatable bonds is 6. The quantitative estimate of drug-likeness (QED) is 0.792. The summed E-state index contributed by atoms with van der Waals surface area (Å²) in [5.41, 5.74) is 1.91. The summed E-state index contributed by atoms with van der Waals surface area (Å²) in [6.07, 6.45) is -0.268. The fraction of sp³-hybridized carbons (Fsp3) is 0.455. The van der Waals surface area contributed by atoms with E-state index < -0.39 is 0 Å². The molecule has 29 heavy (non-hydrogen) atoms. The van der Waals surface area contributed by atoms with Gasteiger partial charge < -0.3 is 33.5 Å². The molecule has 0 bridgehead atoms. The van der Waals surface area contributed by atoms with Crippen LogP contribution in [0.25, 0.3) is 0 Å². The minimum Gasteiger partial charge on any atom is -0.502 e. The van der Waals surface area contributed by atoms with Crippen molar-refractivity contribution in [2.45, 2.75) is 12.2 Å². The van der Waals surface area contributed by atoms with Crippen molar-refractivity contribution in [3.05, 3.63) is 41.5 Å². The maximum absolute atomic E-state index is 10.2. The minimum atomic E-state index is -0.166. The number of fused-ring (bicyclic) bond motifs is 1. The zero-order chi connectivity index (χ0) is 20.5. The third kappa shape index (κ3) is 3.45. The van der Waals surface area contributed by atoms with Crippen LogP contribution >= 0.6 is 0 Å². The Morgan fingerprint density at radius 3 is 1.55 bits per heavy atom. The molecule has 2 aliphatic heterocycles. The maximum atomic E-state index is 10.2. The van der Waals surface area contributed by atoms with E-state index in [4.69, 9.17) is 28.4 Å². The molecule has 2 fully saturated rings. The summed E-state index contributed by atoms with van der Waals surface area (Å²) < 4.78 is 33.8. The summed E-state index contributed by atoms with van der Waals surface area (Å²) in [6, 6.07) is 9.41. The fourth-order valence-corrected chi connectivity index (χ4v) is 4.31. The van der Waals surface area contributed by atoms with Gasteiger partial charge in [-0.25, -0.2) is 0 Å². The zero-order valence-corrected chi connectivity index (χ0v) is 17.0. The average molecular weight is 402 g/mol. The number of phenolic OH excluding ortho intramolecular Hbond substituents is 1. The molecule has 2 heterocycles. The third-order valence-electron chi connectivity index (χ3n) is 5.80. The first-order chi connectivity index (χ1) is 14.1. The number of aromatic hydroxyl groups is 1. The Hall–Kier alpha value is -2.64. The second-order valence-electron chi connectivity index (χ2n) is 7.26. The zero-order valence-electron chi connectivity index (χ0n) is 17.0. The molecular formula is C22H26O7. The summed E-state index contributed by atoms with van der Waals surface area (Å²) in [5.74, 6) is 2.54. The Balaban J connectivity index is 1.62. The number of methoxy groups -OCH3 is 4. The predicted octanol–water partition coefficient (Wildman–Crippen LogP) is 3.50. The van der Waals surface area contributed by atoms with E-state index in [1.165, 1.54) is 14.2 Å². The highest BCUT2D eigenvalue weighted by Crippen LogP contribution is 2.52. The van der Waals surface area contributed by atoms with Crippen LogP contribution in [0.2, 0.25) is 0 Å². The highest BCUT2D eigenvalue weighted by atomic mass is 16.5. The molecule has 0 amide bonds. The molecular weight excluding hydrogens is 376 g/mol. The molecule has 4 atom stereocenters. The predicted molar refractivity (Wildman–Crippen MR) is 105 cm³/mol. The fourth-order valence-electron chi connectivity index (χ4n) is 4.31. The van der Waals surface area contributed by atoms with Crippen LogP contribution in [-0.2, 0) is 9.47 Å². The third-order valence-corrected chi connectivity index (χ3v) is 5.80. The molecule has 0 spiro atoms. The summed E-state index contributed by atoms with van der Waals surface area (Å²) in [7, 11) is 6.30. The lowest BCUT2D eigenvalue weighted by molar-refractivity contribution is 0.0190. The van der Waals surface area contributed by atoms with E-state index in [2.05, 4.69) is 0 Å². The van der Waals surface area contributed by atoms with Gasteiger partial charge in [-0.05, 0) is 35.4 Å². The van der Waals surface area contributed by atoms with Crippen LogP contribution in [0.15, 0.2) is 30.3 Å². The second-order valence-corrected chi connectivity index (χ2v) is 7.26. The van der Waals surface area contributed by atoms with Crippen molar-refractivity contribution in [2.24, 2.45) is 11.8 Å². The lowest BCUT2D eigenvalue weighted by atomic mass is 9.84. The Kier molecular flexibility index (Phi) is 5.43. The van der Waals surface area contributed by atoms with Gasteiger partial charge in [-0.2, -0.15) is 0 Å². The van der Waals surface area contributed by atoms with Gasteiger partial charge in [0.2, 0.25) is 5.75 Å². The Morgan fingerprint density at radius 2 is 1.14 bits per heavy atom. The van der Waals surface area contributed by atoms with Gasteiger partial charge in [0.1, 0.15) is 11.5 Å². The second kappa shape index (κ2) is 8.00. The molecule has 0 saturated carbocycles. The number of ether oxygens (including phenoxy) is 6. The van der Waals surface area contributed by atoms with Crippen molar-refractivity contribution in [1.29, 1.82) is 0 Å². The highest BCUT2D eigenvalue weighted by molar-refractivity contribution is 5.53. The van der Waals surface area contributed by atoms with E-state index in [1.54, 1.807) is 26.4 Å². The molecule has 0 aliphatic carbocycles. The number of phenols is 1. The lowest BCUT2D eigenvalue weighted by Crippen LogP contribution is -2.15. The first-order valence-corrected chi connectivity index (χ1v) is 9.50. The Morgan fingerprint density at radius 1 is 0.690 bits per heavy atom. The topological polar surface area (TPSA) is 75.6 Å². The summed E-state index contributed by atoms with van der Waals surface area (Å²) in [4.78, 5) is 0. The average Bonchev–Trinajstić information content (AvgIpc) is 3.35. The van der Waals surface area contributed by atoms with Crippen molar-refractivity contribution >= 4 is 0 Å². The first kappa shape index (κ1) is 19.7. The largest absolute Gasteiger partial charge is 0.502 e. The maximum Gasteiger partial charge on any atom is 0.200 e. The summed E-state index contributed by atoms with van der Waals surface area (Å²) >= 11 is 0. The van der Waals surface area contributed by atoms with Crippen molar-refractivity contribution in [1.82, 2.24) is 0 Å². The molecule has 7 nitrogen and oxygen atoms in total. The van der Waals surface area contributed by atoms with E-state index in [1.807, 2.05) is 18.2 Å². The summed E-state index contributed by atoms with van der Waals surface area (Å²) in [5, 5.41) is 10.2. The normalized spacial score (nSPS) is 25.5. The number of hydrogen-bond donors (Lipinski definition) is 1. The highest BCUT2D eigenvalue weighted by Gasteiger charge is 2.48. The van der Waals surface area contributed by atoms with Crippen LogP contribution in [0, 0.1) is 11.8 Å². The van der Waals surface area contributed by atoms with E-state index >= 15 is 0 Å². The first-order valence-electron chi connectivity index (χ1n) is 9.50. The van der Waals surface area contributed by atoms with Gasteiger partial charge >= 0.3 is 0 Å². The standard InChI is InChI=1S/C22H26O7/c1-24-14-5-12(6-15(9-14)25-2)21-16-10-29-22(17(16)11-28-21)13-7-18(26-3)20(23)19(8-13)27-4/h5-9,16-17,21-23H,10-11H2,1-4H3. The minimum absolute atomic E-state index is 0.0164. The Bertz CT molecular complexity index is 834. The van der Waals surface area contributed by atoms with Gasteiger partial charge in [0, 0.05) is 17.9 Å². The molecule has 4 rings (SSSR count). The monoisotopic (exact) mass is 402 g/mol. The molecule has 0 aromatic heterocycles. The number of benzene rings is 2. The van der Waals surface area contributed by atoms with Gasteiger partial charge in [0.25, 0.3) is 0 Å². The van der Waals surface area contributed by atoms with Crippen molar-refractivity contribution in [3.63, 3.8) is 0 Å². The molecule has 7 heteroatoms. The molecule has 2 aromatic rings. The summed E-state index contributed by atoms with van der Waals surface area (Å²) in [6.45, 7) is 1.15. The molecule has 156 valence electrons. The van der Waals surface area contributed by atoms with Gasteiger partial charge in [-0.1, -0.05) is 0 Å². The molecule has 0 radical (unpaired) electrons. The van der Waals surface area contributed by atoms with Crippen LogP contribution in [0.5, 0.6) is 28.7 Å². The van der Waals surface area contributed by atoms with Crippen molar-refractivity contribution < 1.29 is 33.5 Å². The Labute approximate surface area is 170 Å². The molecule has 1 N–H and O–H groups in total. The smallest absolute Gasteiger partial charge is 0.200 e. The van der Waals surface area contributed by atoms with Crippen LogP contribution in [0.3, 0.4) is 0 Å². The molecule has 2 saturated heterocycles. The van der Waals surface area contributed by atoms with Gasteiger partial charge in [-0.3, -0.25) is 0 Å². The van der Waals surface area contributed by atoms with E-state index in [0.29, 0.717) is 24.7 Å². The molecule has 2 aliphatic rings. The van der Waals surface area contributed by atoms with E-state index in [0.717, 1.165) is 22.6 Å². The van der Waals surface area contributed by atoms with Gasteiger partial charge in [0.15, 0.2) is 11.5 Å². The van der Waals surface area contributed by atoms with E-state index in [-0.39, 0.29) is 29.8 Å². The van der Waals surface area contributed by atoms with Crippen molar-refractivity contribution in [3.8, 4) is 28.7 Å². The molecule has 2 aromatic carbocycles. The van der Waals surface area contributed by atoms with Crippen LogP contribution in [0.1, 0.15) is 23.3 Å². The van der Waals surface area contributed by atoms with Gasteiger partial charge in [0.05, 0.1) is 53.9 Å². The lowest BCUT2D eigenvalue weighted by Gasteiger charge is -2.19. The van der Waals surface area contributed by atoms with Crippen LogP contribution in [-0.4, -0.2) is 46.8 Å². The van der Waals surface area contributed by atoms with Crippen LogP contribution < -0.4 is 18.9 Å². The van der Waals surface area contributed by atoms with Crippen molar-refractivity contribution in [2.75, 3.05) is 41.7 Å². The number of hydrogen-bond acceptors (Lipinski definition) is 7. The van der Waals surface area contributed by atoms with Gasteiger partial charge in [-0.15, -0.1) is 0 Å². The van der Waals surface area contributed by atoms with E-state index in [9.17, 15) is 5.11 Å². The SMILES string of the molecule is COc1cc(OC)cc(C2OCC3C(c4cc(OC)c(O)c(OC)c4)OCC23)c1.